The maximum atomic E-state index is 13.6. The number of allylic oxidation sites excluding steroid dienone is 4. The molecule has 8 heteroatoms. The second-order valence-electron chi connectivity index (χ2n) is 9.99. The molecule has 0 bridgehead atoms. The largest absolute Gasteiger partial charge is 0.490 e. The third-order valence-corrected chi connectivity index (χ3v) is 9.18. The quantitative estimate of drug-likeness (QED) is 0.260. The summed E-state index contributed by atoms with van der Waals surface area (Å²) in [6.07, 6.45) is 4.32. The first-order valence-corrected chi connectivity index (χ1v) is 15.4. The van der Waals surface area contributed by atoms with Crippen LogP contribution in [0, 0.1) is 3.57 Å². The van der Waals surface area contributed by atoms with E-state index in [9.17, 15) is 9.59 Å². The molecule has 0 fully saturated rings. The van der Waals surface area contributed by atoms with E-state index in [0.29, 0.717) is 50.7 Å². The molecule has 3 aliphatic rings. The number of rotatable bonds is 9. The molecule has 1 aliphatic heterocycles. The molecule has 2 aromatic carbocycles. The highest BCUT2D eigenvalue weighted by molar-refractivity contribution is 14.1. The van der Waals surface area contributed by atoms with E-state index in [4.69, 9.17) is 14.2 Å². The minimum atomic E-state index is -0.389. The summed E-state index contributed by atoms with van der Waals surface area (Å²) >= 11 is 5.88. The van der Waals surface area contributed by atoms with Gasteiger partial charge in [-0.05, 0) is 79.0 Å². The van der Waals surface area contributed by atoms with Crippen molar-refractivity contribution in [3.63, 3.8) is 0 Å². The fourth-order valence-electron chi connectivity index (χ4n) is 5.93. The number of halogens is 2. The first-order valence-electron chi connectivity index (χ1n) is 13.6. The van der Waals surface area contributed by atoms with Gasteiger partial charge in [0.15, 0.2) is 23.1 Å². The molecule has 5 rings (SSSR count). The van der Waals surface area contributed by atoms with Gasteiger partial charge in [-0.3, -0.25) is 9.59 Å². The molecule has 1 heterocycles. The Morgan fingerprint density at radius 2 is 1.64 bits per heavy atom. The van der Waals surface area contributed by atoms with Crippen LogP contribution in [0.15, 0.2) is 63.4 Å². The Kier molecular flexibility index (Phi) is 9.13. The third-order valence-electron chi connectivity index (χ3n) is 7.60. The van der Waals surface area contributed by atoms with Crippen molar-refractivity contribution in [3.8, 4) is 11.5 Å². The SMILES string of the molecule is CCOc1cc(C2C3=C(CCCC3=O)N(CCOC)C3=C2C(=O)CCC3)cc(I)c1OCc1ccccc1Br. The lowest BCUT2D eigenvalue weighted by molar-refractivity contribution is -0.117. The summed E-state index contributed by atoms with van der Waals surface area (Å²) in [7, 11) is 1.69. The predicted octanol–water partition coefficient (Wildman–Crippen LogP) is 7.09. The average Bonchev–Trinajstić information content (AvgIpc) is 2.92. The predicted molar refractivity (Wildman–Crippen MR) is 162 cm³/mol. The highest BCUT2D eigenvalue weighted by atomic mass is 127. The summed E-state index contributed by atoms with van der Waals surface area (Å²) in [6.45, 7) is 3.99. The number of methoxy groups -OCH3 is 1. The molecule has 0 saturated heterocycles. The third kappa shape index (κ3) is 5.70. The summed E-state index contributed by atoms with van der Waals surface area (Å²) in [4.78, 5) is 29.3. The highest BCUT2D eigenvalue weighted by Gasteiger charge is 2.43. The maximum Gasteiger partial charge on any atom is 0.174 e. The number of carbonyl (C=O) groups excluding carboxylic acids is 2. The Balaban J connectivity index is 1.61. The van der Waals surface area contributed by atoms with Crippen molar-refractivity contribution in [1.82, 2.24) is 4.90 Å². The first kappa shape index (κ1) is 28.4. The summed E-state index contributed by atoms with van der Waals surface area (Å²) in [6, 6.07) is 12.0. The van der Waals surface area contributed by atoms with E-state index < -0.39 is 0 Å². The van der Waals surface area contributed by atoms with Crippen LogP contribution in [0.5, 0.6) is 11.5 Å². The number of carbonyl (C=O) groups is 2. The Labute approximate surface area is 252 Å². The number of ether oxygens (including phenoxy) is 3. The van der Waals surface area contributed by atoms with Gasteiger partial charge in [0, 0.05) is 65.0 Å². The number of hydrogen-bond donors (Lipinski definition) is 0. The van der Waals surface area contributed by atoms with Gasteiger partial charge in [0.05, 0.1) is 16.8 Å². The molecule has 0 aromatic heterocycles. The number of benzene rings is 2. The van der Waals surface area contributed by atoms with Gasteiger partial charge in [0.1, 0.15) is 6.61 Å². The molecular formula is C31H33BrINO5. The Morgan fingerprint density at radius 1 is 0.974 bits per heavy atom. The standard InChI is InChI=1S/C31H33BrINO5/c1-3-38-27-17-20(16-22(33)31(27)39-18-19-8-4-5-9-21(19)32)28-29-23(10-6-12-25(29)35)34(14-15-37-2)24-11-7-13-26(36)30(24)28/h4-5,8-9,16-17,28H,3,6-7,10-15,18H2,1-2H3. The van der Waals surface area contributed by atoms with Crippen LogP contribution in [0.4, 0.5) is 0 Å². The zero-order chi connectivity index (χ0) is 27.5. The van der Waals surface area contributed by atoms with Crippen molar-refractivity contribution in [2.75, 3.05) is 26.9 Å². The van der Waals surface area contributed by atoms with Gasteiger partial charge in [0.25, 0.3) is 0 Å². The van der Waals surface area contributed by atoms with Gasteiger partial charge in [0.2, 0.25) is 0 Å². The van der Waals surface area contributed by atoms with Crippen molar-refractivity contribution in [2.45, 2.75) is 58.0 Å². The molecule has 0 atom stereocenters. The molecule has 0 N–H and O–H groups in total. The molecule has 2 aromatic rings. The normalized spacial score (nSPS) is 17.9. The summed E-state index contributed by atoms with van der Waals surface area (Å²) in [5.41, 5.74) is 5.60. The van der Waals surface area contributed by atoms with Gasteiger partial charge < -0.3 is 19.1 Å². The van der Waals surface area contributed by atoms with Crippen molar-refractivity contribution >= 4 is 50.1 Å². The van der Waals surface area contributed by atoms with Crippen LogP contribution in [0.25, 0.3) is 0 Å². The van der Waals surface area contributed by atoms with Gasteiger partial charge in [-0.25, -0.2) is 0 Å². The van der Waals surface area contributed by atoms with Crippen molar-refractivity contribution < 1.29 is 23.8 Å². The van der Waals surface area contributed by atoms with Crippen LogP contribution in [0.1, 0.15) is 62.5 Å². The summed E-state index contributed by atoms with van der Waals surface area (Å²) in [5, 5.41) is 0. The minimum absolute atomic E-state index is 0.135. The van der Waals surface area contributed by atoms with Crippen LogP contribution in [0.3, 0.4) is 0 Å². The van der Waals surface area contributed by atoms with E-state index in [1.54, 1.807) is 7.11 Å². The zero-order valence-corrected chi connectivity index (χ0v) is 26.1. The molecule has 39 heavy (non-hydrogen) atoms. The second kappa shape index (κ2) is 12.6. The highest BCUT2D eigenvalue weighted by Crippen LogP contribution is 2.50. The van der Waals surface area contributed by atoms with Crippen molar-refractivity contribution in [2.24, 2.45) is 0 Å². The molecule has 0 spiro atoms. The molecule has 6 nitrogen and oxygen atoms in total. The molecule has 0 radical (unpaired) electrons. The number of hydrogen-bond acceptors (Lipinski definition) is 6. The zero-order valence-electron chi connectivity index (χ0n) is 22.4. The molecule has 0 unspecified atom stereocenters. The van der Waals surface area contributed by atoms with E-state index in [2.05, 4.69) is 49.5 Å². The van der Waals surface area contributed by atoms with Crippen LogP contribution in [-0.2, 0) is 20.9 Å². The van der Waals surface area contributed by atoms with Gasteiger partial charge in [-0.15, -0.1) is 0 Å². The summed E-state index contributed by atoms with van der Waals surface area (Å²) in [5.74, 6) is 1.18. The lowest BCUT2D eigenvalue weighted by atomic mass is 9.71. The smallest absolute Gasteiger partial charge is 0.174 e. The van der Waals surface area contributed by atoms with Crippen molar-refractivity contribution in [3.05, 3.63) is 78.1 Å². The molecule has 0 saturated carbocycles. The van der Waals surface area contributed by atoms with Crippen LogP contribution in [-0.4, -0.2) is 43.3 Å². The van der Waals surface area contributed by atoms with Gasteiger partial charge in [-0.2, -0.15) is 0 Å². The Bertz CT molecular complexity index is 1310. The van der Waals surface area contributed by atoms with Crippen LogP contribution in [0.2, 0.25) is 0 Å². The molecular weight excluding hydrogens is 673 g/mol. The lowest BCUT2D eigenvalue weighted by Gasteiger charge is -2.44. The number of ketones is 2. The fourth-order valence-corrected chi connectivity index (χ4v) is 7.11. The second-order valence-corrected chi connectivity index (χ2v) is 12.0. The molecule has 0 amide bonds. The maximum absolute atomic E-state index is 13.6. The number of Topliss-reactive ketones (excluding diaryl/α,β-unsaturated/α-hetero) is 2. The van der Waals surface area contributed by atoms with E-state index in [1.807, 2.05) is 37.3 Å². The van der Waals surface area contributed by atoms with Crippen LogP contribution >= 0.6 is 38.5 Å². The van der Waals surface area contributed by atoms with E-state index in [1.165, 1.54) is 0 Å². The fraction of sp³-hybridized carbons (Fsp3) is 0.419. The van der Waals surface area contributed by atoms with E-state index in [-0.39, 0.29) is 17.5 Å². The summed E-state index contributed by atoms with van der Waals surface area (Å²) < 4.78 is 19.7. The Morgan fingerprint density at radius 3 is 2.26 bits per heavy atom. The van der Waals surface area contributed by atoms with E-state index >= 15 is 0 Å². The Hall–Kier alpha value is -2.17. The van der Waals surface area contributed by atoms with Crippen LogP contribution < -0.4 is 9.47 Å². The lowest BCUT2D eigenvalue weighted by Crippen LogP contribution is -2.40. The topological polar surface area (TPSA) is 65.1 Å². The number of nitrogens with zero attached hydrogens (tertiary/aromatic N) is 1. The van der Waals surface area contributed by atoms with Gasteiger partial charge >= 0.3 is 0 Å². The van der Waals surface area contributed by atoms with Gasteiger partial charge in [-0.1, -0.05) is 34.1 Å². The average molecular weight is 706 g/mol. The molecule has 2 aliphatic carbocycles. The monoisotopic (exact) mass is 705 g/mol. The molecule has 206 valence electrons. The first-order chi connectivity index (χ1) is 18.9. The minimum Gasteiger partial charge on any atom is -0.490 e. The van der Waals surface area contributed by atoms with Crippen molar-refractivity contribution in [1.29, 1.82) is 0 Å². The van der Waals surface area contributed by atoms with E-state index in [0.717, 1.165) is 67.4 Å².